The van der Waals surface area contributed by atoms with E-state index in [0.29, 0.717) is 39.3 Å². The van der Waals surface area contributed by atoms with E-state index in [9.17, 15) is 17.6 Å². The van der Waals surface area contributed by atoms with Crippen molar-refractivity contribution in [1.82, 2.24) is 9.21 Å². The second kappa shape index (κ2) is 10.5. The van der Waals surface area contributed by atoms with E-state index in [-0.39, 0.29) is 34.0 Å². The number of halogens is 2. The summed E-state index contributed by atoms with van der Waals surface area (Å²) < 4.78 is 46.0. The third kappa shape index (κ3) is 5.51. The highest BCUT2D eigenvalue weighted by molar-refractivity contribution is 7.89. The molecule has 0 aromatic heterocycles. The van der Waals surface area contributed by atoms with Gasteiger partial charge in [0.05, 0.1) is 0 Å². The number of carbonyl (C=O) groups excluding carboxylic acids is 1. The lowest BCUT2D eigenvalue weighted by atomic mass is 10.2. The zero-order valence-electron chi connectivity index (χ0n) is 18.1. The molecule has 0 aliphatic carbocycles. The first-order valence-electron chi connectivity index (χ1n) is 10.5. The van der Waals surface area contributed by atoms with Gasteiger partial charge in [0.25, 0.3) is 5.91 Å². The van der Waals surface area contributed by atoms with Gasteiger partial charge in [-0.25, -0.2) is 12.8 Å². The molecule has 3 rings (SSSR count). The number of amides is 1. The van der Waals surface area contributed by atoms with Gasteiger partial charge in [-0.2, -0.15) is 4.31 Å². The van der Waals surface area contributed by atoms with E-state index in [1.54, 1.807) is 30.9 Å². The molecule has 2 aromatic rings. The number of anilines is 1. The molecule has 0 spiro atoms. The van der Waals surface area contributed by atoms with Crippen LogP contribution >= 0.6 is 11.6 Å². The normalized spacial score (nSPS) is 14.7. The Morgan fingerprint density at radius 1 is 1.06 bits per heavy atom. The van der Waals surface area contributed by atoms with Crippen LogP contribution in [0.3, 0.4) is 0 Å². The van der Waals surface area contributed by atoms with Gasteiger partial charge in [-0.15, -0.1) is 0 Å². The van der Waals surface area contributed by atoms with E-state index in [1.165, 1.54) is 34.6 Å². The van der Waals surface area contributed by atoms with Crippen molar-refractivity contribution in [3.05, 3.63) is 53.3 Å². The summed E-state index contributed by atoms with van der Waals surface area (Å²) in [5.74, 6) is -0.422. The Balaban J connectivity index is 1.64. The van der Waals surface area contributed by atoms with Gasteiger partial charge in [0, 0.05) is 50.0 Å². The third-order valence-corrected chi connectivity index (χ3v) is 7.71. The number of carbonyl (C=O) groups is 1. The van der Waals surface area contributed by atoms with Gasteiger partial charge < -0.3 is 14.5 Å². The van der Waals surface area contributed by atoms with E-state index in [4.69, 9.17) is 16.3 Å². The lowest BCUT2D eigenvalue weighted by Gasteiger charge is -2.36. The number of hydrogen-bond donors (Lipinski definition) is 0. The largest absolute Gasteiger partial charge is 0.482 e. The Kier molecular flexibility index (Phi) is 7.97. The van der Waals surface area contributed by atoms with Crippen LogP contribution in [0, 0.1) is 5.82 Å². The second-order valence-corrected chi connectivity index (χ2v) is 9.66. The summed E-state index contributed by atoms with van der Waals surface area (Å²) in [6, 6.07) is 10.6. The number of sulfonamides is 1. The van der Waals surface area contributed by atoms with Crippen LogP contribution in [0.1, 0.15) is 13.8 Å². The minimum absolute atomic E-state index is 0.0531. The van der Waals surface area contributed by atoms with Gasteiger partial charge in [0.1, 0.15) is 16.5 Å². The summed E-state index contributed by atoms with van der Waals surface area (Å²) in [5, 5.41) is 0.270. The molecule has 1 aliphatic rings. The van der Waals surface area contributed by atoms with Crippen molar-refractivity contribution in [2.45, 2.75) is 18.7 Å². The zero-order chi connectivity index (χ0) is 23.3. The summed E-state index contributed by atoms with van der Waals surface area (Å²) in [5.41, 5.74) is 0.905. The number of hydrogen-bond acceptors (Lipinski definition) is 5. The molecular formula is C22H27ClFN3O4S. The zero-order valence-corrected chi connectivity index (χ0v) is 19.7. The summed E-state index contributed by atoms with van der Waals surface area (Å²) in [7, 11) is -3.80. The number of rotatable bonds is 8. The van der Waals surface area contributed by atoms with Crippen LogP contribution in [0.15, 0.2) is 47.4 Å². The van der Waals surface area contributed by atoms with Gasteiger partial charge in [0.15, 0.2) is 6.61 Å². The van der Waals surface area contributed by atoms with E-state index < -0.39 is 10.0 Å². The van der Waals surface area contributed by atoms with Crippen molar-refractivity contribution in [3.8, 4) is 5.75 Å². The van der Waals surface area contributed by atoms with Gasteiger partial charge in [-0.3, -0.25) is 4.79 Å². The first-order chi connectivity index (χ1) is 15.3. The molecule has 7 nitrogen and oxygen atoms in total. The van der Waals surface area contributed by atoms with Gasteiger partial charge in [-0.05, 0) is 42.5 Å². The fourth-order valence-electron chi connectivity index (χ4n) is 3.60. The minimum atomic E-state index is -3.80. The van der Waals surface area contributed by atoms with Crippen molar-refractivity contribution in [3.63, 3.8) is 0 Å². The quantitative estimate of drug-likeness (QED) is 0.576. The maximum absolute atomic E-state index is 13.1. The molecule has 0 N–H and O–H groups in total. The molecule has 1 heterocycles. The smallest absolute Gasteiger partial charge is 0.260 e. The average Bonchev–Trinajstić information content (AvgIpc) is 2.79. The molecule has 0 bridgehead atoms. The third-order valence-electron chi connectivity index (χ3n) is 5.40. The average molecular weight is 484 g/mol. The molecule has 1 saturated heterocycles. The van der Waals surface area contributed by atoms with Crippen molar-refractivity contribution < 1.29 is 22.3 Å². The highest BCUT2D eigenvalue weighted by Crippen LogP contribution is 2.30. The predicted octanol–water partition coefficient (Wildman–Crippen LogP) is 3.24. The molecule has 10 heteroatoms. The number of ether oxygens (including phenoxy) is 1. The SMILES string of the molecule is CCN(CC)S(=O)(=O)c1cc(Cl)ccc1OCC(=O)N1CCN(c2ccc(F)cc2)CC1. The summed E-state index contributed by atoms with van der Waals surface area (Å²) in [6.07, 6.45) is 0. The minimum Gasteiger partial charge on any atom is -0.482 e. The number of piperazine rings is 1. The van der Waals surface area contributed by atoms with Crippen LogP contribution in [0.4, 0.5) is 10.1 Å². The van der Waals surface area contributed by atoms with Crippen molar-refractivity contribution >= 4 is 33.2 Å². The summed E-state index contributed by atoms with van der Waals surface area (Å²) >= 11 is 6.03. The Labute approximate surface area is 193 Å². The van der Waals surface area contributed by atoms with Crippen molar-refractivity contribution in [2.75, 3.05) is 50.8 Å². The Morgan fingerprint density at radius 2 is 1.69 bits per heavy atom. The molecule has 0 radical (unpaired) electrons. The topological polar surface area (TPSA) is 70.2 Å². The fourth-order valence-corrected chi connectivity index (χ4v) is 5.45. The molecular weight excluding hydrogens is 457 g/mol. The van der Waals surface area contributed by atoms with Crippen molar-refractivity contribution in [1.29, 1.82) is 0 Å². The second-order valence-electron chi connectivity index (χ2n) is 7.31. The monoisotopic (exact) mass is 483 g/mol. The maximum atomic E-state index is 13.1. The molecule has 1 amide bonds. The molecule has 0 saturated carbocycles. The molecule has 1 aliphatic heterocycles. The highest BCUT2D eigenvalue weighted by Gasteiger charge is 2.27. The first kappa shape index (κ1) is 24.3. The van der Waals surface area contributed by atoms with E-state index in [0.717, 1.165) is 5.69 Å². The van der Waals surface area contributed by atoms with E-state index in [1.807, 2.05) is 0 Å². The molecule has 0 unspecified atom stereocenters. The van der Waals surface area contributed by atoms with Crippen LogP contribution < -0.4 is 9.64 Å². The van der Waals surface area contributed by atoms with Crippen LogP contribution in [0.25, 0.3) is 0 Å². The van der Waals surface area contributed by atoms with Crippen LogP contribution in [0.5, 0.6) is 5.75 Å². The molecule has 2 aromatic carbocycles. The van der Waals surface area contributed by atoms with Gasteiger partial charge >= 0.3 is 0 Å². The number of benzene rings is 2. The standard InChI is InChI=1S/C22H27ClFN3O4S/c1-3-27(4-2)32(29,30)21-15-17(23)5-10-20(21)31-16-22(28)26-13-11-25(12-14-26)19-8-6-18(24)7-9-19/h5-10,15H,3-4,11-14,16H2,1-2H3. The molecule has 174 valence electrons. The Hall–Kier alpha value is -2.36. The highest BCUT2D eigenvalue weighted by atomic mass is 35.5. The lowest BCUT2D eigenvalue weighted by Crippen LogP contribution is -2.50. The Bertz CT molecular complexity index is 1040. The first-order valence-corrected chi connectivity index (χ1v) is 12.3. The Morgan fingerprint density at radius 3 is 2.28 bits per heavy atom. The molecule has 1 fully saturated rings. The summed E-state index contributed by atoms with van der Waals surface area (Å²) in [6.45, 7) is 6.04. The predicted molar refractivity (Wildman–Crippen MR) is 122 cm³/mol. The fraction of sp³-hybridized carbons (Fsp3) is 0.409. The van der Waals surface area contributed by atoms with Crippen molar-refractivity contribution in [2.24, 2.45) is 0 Å². The van der Waals surface area contributed by atoms with Crippen LogP contribution in [-0.4, -0.2) is 69.4 Å². The van der Waals surface area contributed by atoms with Crippen LogP contribution in [-0.2, 0) is 14.8 Å². The van der Waals surface area contributed by atoms with Gasteiger partial charge in [0.2, 0.25) is 10.0 Å². The number of nitrogens with zero attached hydrogens (tertiary/aromatic N) is 3. The van der Waals surface area contributed by atoms with Crippen LogP contribution in [0.2, 0.25) is 5.02 Å². The van der Waals surface area contributed by atoms with Gasteiger partial charge in [-0.1, -0.05) is 25.4 Å². The van der Waals surface area contributed by atoms with E-state index in [2.05, 4.69) is 4.90 Å². The summed E-state index contributed by atoms with van der Waals surface area (Å²) in [4.78, 5) is 16.4. The molecule has 32 heavy (non-hydrogen) atoms. The molecule has 0 atom stereocenters. The lowest BCUT2D eigenvalue weighted by molar-refractivity contribution is -0.133. The van der Waals surface area contributed by atoms with E-state index >= 15 is 0 Å². The maximum Gasteiger partial charge on any atom is 0.260 e.